The molecule has 26 heavy (non-hydrogen) atoms. The van der Waals surface area contributed by atoms with Crippen LogP contribution in [-0.4, -0.2) is 41.6 Å². The maximum Gasteiger partial charge on any atom is 0.230 e. The van der Waals surface area contributed by atoms with E-state index in [1.165, 1.54) is 12.8 Å². The third kappa shape index (κ3) is 4.25. The van der Waals surface area contributed by atoms with Gasteiger partial charge in [-0.3, -0.25) is 9.48 Å². The van der Waals surface area contributed by atoms with Crippen LogP contribution >= 0.6 is 11.8 Å². The summed E-state index contributed by atoms with van der Waals surface area (Å²) in [5.74, 6) is 1.95. The minimum Gasteiger partial charge on any atom is -0.351 e. The minimum absolute atomic E-state index is 0.0259. The Hall–Kier alpha value is -1.90. The molecular formula is C17H27N7OS. The molecule has 0 unspecified atom stereocenters. The van der Waals surface area contributed by atoms with Crippen molar-refractivity contribution in [3.8, 4) is 0 Å². The standard InChI is InChI=1S/C17H27N7OS/c1-4-23-13(3)15(12(2)20-23)9-18-17(25)11-26-10-16-19-21-22-24(16)14-7-5-6-8-14/h14H,4-11H2,1-3H3,(H,18,25). The molecule has 0 atom stereocenters. The Morgan fingerprint density at radius 1 is 1.31 bits per heavy atom. The van der Waals surface area contributed by atoms with Gasteiger partial charge in [-0.2, -0.15) is 5.10 Å². The molecule has 1 N–H and O–H groups in total. The van der Waals surface area contributed by atoms with Crippen molar-refractivity contribution >= 4 is 17.7 Å². The molecule has 0 radical (unpaired) electrons. The summed E-state index contributed by atoms with van der Waals surface area (Å²) in [5, 5.41) is 19.6. The Kier molecular flexibility index (Phi) is 6.29. The molecule has 0 spiro atoms. The molecule has 2 aromatic heterocycles. The fourth-order valence-corrected chi connectivity index (χ4v) is 4.27. The van der Waals surface area contributed by atoms with E-state index in [9.17, 15) is 4.79 Å². The van der Waals surface area contributed by atoms with E-state index in [2.05, 4.69) is 32.9 Å². The summed E-state index contributed by atoms with van der Waals surface area (Å²) in [4.78, 5) is 12.2. The van der Waals surface area contributed by atoms with Crippen molar-refractivity contribution in [1.29, 1.82) is 0 Å². The summed E-state index contributed by atoms with van der Waals surface area (Å²) < 4.78 is 3.91. The SMILES string of the molecule is CCn1nc(C)c(CNC(=O)CSCc2nnnn2C2CCCC2)c1C. The normalized spacial score (nSPS) is 14.9. The molecule has 0 aromatic carbocycles. The third-order valence-electron chi connectivity index (χ3n) is 4.99. The highest BCUT2D eigenvalue weighted by molar-refractivity contribution is 7.99. The first-order valence-electron chi connectivity index (χ1n) is 9.24. The average molecular weight is 378 g/mol. The van der Waals surface area contributed by atoms with Crippen molar-refractivity contribution in [1.82, 2.24) is 35.3 Å². The molecule has 8 nitrogen and oxygen atoms in total. The number of nitrogens with zero attached hydrogens (tertiary/aromatic N) is 6. The van der Waals surface area contributed by atoms with Crippen LogP contribution < -0.4 is 5.32 Å². The van der Waals surface area contributed by atoms with Crippen LogP contribution in [0.5, 0.6) is 0 Å². The highest BCUT2D eigenvalue weighted by Crippen LogP contribution is 2.29. The summed E-state index contributed by atoms with van der Waals surface area (Å²) >= 11 is 1.55. The number of amides is 1. The monoisotopic (exact) mass is 377 g/mol. The predicted molar refractivity (Wildman–Crippen MR) is 101 cm³/mol. The number of rotatable bonds is 8. The van der Waals surface area contributed by atoms with Gasteiger partial charge in [0.25, 0.3) is 0 Å². The van der Waals surface area contributed by atoms with Gasteiger partial charge in [-0.05, 0) is 44.0 Å². The van der Waals surface area contributed by atoms with E-state index >= 15 is 0 Å². The molecule has 2 heterocycles. The van der Waals surface area contributed by atoms with Crippen LogP contribution in [0.25, 0.3) is 0 Å². The zero-order valence-corrected chi connectivity index (χ0v) is 16.6. The van der Waals surface area contributed by atoms with Crippen LogP contribution in [0.3, 0.4) is 0 Å². The van der Waals surface area contributed by atoms with Gasteiger partial charge in [0.2, 0.25) is 5.91 Å². The molecule has 1 fully saturated rings. The lowest BCUT2D eigenvalue weighted by Gasteiger charge is -2.11. The largest absolute Gasteiger partial charge is 0.351 e. The van der Waals surface area contributed by atoms with Crippen LogP contribution in [0.2, 0.25) is 0 Å². The second-order valence-electron chi connectivity index (χ2n) is 6.71. The molecule has 0 saturated heterocycles. The number of hydrogen-bond acceptors (Lipinski definition) is 6. The lowest BCUT2D eigenvalue weighted by atomic mass is 10.2. The van der Waals surface area contributed by atoms with E-state index in [1.807, 2.05) is 23.2 Å². The molecule has 9 heteroatoms. The van der Waals surface area contributed by atoms with Gasteiger partial charge in [-0.15, -0.1) is 16.9 Å². The van der Waals surface area contributed by atoms with E-state index in [1.54, 1.807) is 11.8 Å². The summed E-state index contributed by atoms with van der Waals surface area (Å²) in [5.41, 5.74) is 3.21. The highest BCUT2D eigenvalue weighted by Gasteiger charge is 2.21. The van der Waals surface area contributed by atoms with Crippen LogP contribution in [0, 0.1) is 13.8 Å². The van der Waals surface area contributed by atoms with Crippen LogP contribution in [0.15, 0.2) is 0 Å². The van der Waals surface area contributed by atoms with Crippen molar-refractivity contribution in [3.05, 3.63) is 22.8 Å². The summed E-state index contributed by atoms with van der Waals surface area (Å²) in [6.07, 6.45) is 4.78. The van der Waals surface area contributed by atoms with E-state index in [0.29, 0.717) is 24.1 Å². The molecule has 1 aliphatic carbocycles. The van der Waals surface area contributed by atoms with E-state index in [-0.39, 0.29) is 5.91 Å². The van der Waals surface area contributed by atoms with Gasteiger partial charge in [-0.1, -0.05) is 12.8 Å². The highest BCUT2D eigenvalue weighted by atomic mass is 32.2. The molecule has 0 aliphatic heterocycles. The molecule has 1 saturated carbocycles. The van der Waals surface area contributed by atoms with Gasteiger partial charge in [-0.25, -0.2) is 4.68 Å². The number of aromatic nitrogens is 6. The van der Waals surface area contributed by atoms with Gasteiger partial charge in [0.15, 0.2) is 5.82 Å². The lowest BCUT2D eigenvalue weighted by Crippen LogP contribution is -2.25. The number of hydrogen-bond donors (Lipinski definition) is 1. The van der Waals surface area contributed by atoms with Crippen LogP contribution in [0.1, 0.15) is 61.4 Å². The van der Waals surface area contributed by atoms with Crippen molar-refractivity contribution in [2.75, 3.05) is 5.75 Å². The fraction of sp³-hybridized carbons (Fsp3) is 0.706. The van der Waals surface area contributed by atoms with E-state index in [4.69, 9.17) is 0 Å². The Morgan fingerprint density at radius 3 is 2.77 bits per heavy atom. The number of thioether (sulfide) groups is 1. The Labute approximate surface area is 158 Å². The smallest absolute Gasteiger partial charge is 0.230 e. The molecular weight excluding hydrogens is 350 g/mol. The van der Waals surface area contributed by atoms with Gasteiger partial charge in [0, 0.05) is 24.3 Å². The first kappa shape index (κ1) is 18.9. The van der Waals surface area contributed by atoms with Gasteiger partial charge < -0.3 is 5.32 Å². The number of tetrazole rings is 1. The van der Waals surface area contributed by atoms with Crippen molar-refractivity contribution in [2.45, 2.75) is 71.3 Å². The second-order valence-corrected chi connectivity index (χ2v) is 7.70. The topological polar surface area (TPSA) is 90.5 Å². The van der Waals surface area contributed by atoms with Crippen molar-refractivity contribution in [2.24, 2.45) is 0 Å². The predicted octanol–water partition coefficient (Wildman–Crippen LogP) is 2.17. The van der Waals surface area contributed by atoms with Gasteiger partial charge in [0.05, 0.1) is 23.2 Å². The number of carbonyl (C=O) groups excluding carboxylic acids is 1. The molecule has 3 rings (SSSR count). The zero-order chi connectivity index (χ0) is 18.5. The Morgan fingerprint density at radius 2 is 2.08 bits per heavy atom. The summed E-state index contributed by atoms with van der Waals surface area (Å²) in [7, 11) is 0. The average Bonchev–Trinajstić information content (AvgIpc) is 3.34. The van der Waals surface area contributed by atoms with Crippen LogP contribution in [-0.2, 0) is 23.6 Å². The number of aryl methyl sites for hydroxylation is 2. The first-order valence-corrected chi connectivity index (χ1v) is 10.4. The second kappa shape index (κ2) is 8.66. The molecule has 142 valence electrons. The number of nitrogens with one attached hydrogen (secondary N) is 1. The molecule has 1 amide bonds. The molecule has 2 aromatic rings. The molecule has 1 aliphatic rings. The lowest BCUT2D eigenvalue weighted by molar-refractivity contribution is -0.118. The quantitative estimate of drug-likeness (QED) is 0.758. The van der Waals surface area contributed by atoms with Crippen LogP contribution in [0.4, 0.5) is 0 Å². The minimum atomic E-state index is 0.0259. The molecule has 0 bridgehead atoms. The maximum atomic E-state index is 12.2. The third-order valence-corrected chi connectivity index (χ3v) is 5.92. The van der Waals surface area contributed by atoms with Crippen molar-refractivity contribution in [3.63, 3.8) is 0 Å². The zero-order valence-electron chi connectivity index (χ0n) is 15.7. The summed E-state index contributed by atoms with van der Waals surface area (Å²) in [6, 6.07) is 0.426. The van der Waals surface area contributed by atoms with Crippen molar-refractivity contribution < 1.29 is 4.79 Å². The van der Waals surface area contributed by atoms with Gasteiger partial charge >= 0.3 is 0 Å². The Bertz CT molecular complexity index is 748. The maximum absolute atomic E-state index is 12.2. The first-order chi connectivity index (χ1) is 12.6. The number of carbonyl (C=O) groups is 1. The summed E-state index contributed by atoms with van der Waals surface area (Å²) in [6.45, 7) is 7.46. The Balaban J connectivity index is 1.45. The van der Waals surface area contributed by atoms with Gasteiger partial charge in [0.1, 0.15) is 0 Å². The van der Waals surface area contributed by atoms with E-state index in [0.717, 1.165) is 42.2 Å². The fourth-order valence-electron chi connectivity index (χ4n) is 3.51. The van der Waals surface area contributed by atoms with E-state index < -0.39 is 0 Å².